The summed E-state index contributed by atoms with van der Waals surface area (Å²) in [4.78, 5) is 39.2. The van der Waals surface area contributed by atoms with Crippen molar-refractivity contribution < 1.29 is 4.79 Å². The zero-order chi connectivity index (χ0) is 31.6. The maximum Gasteiger partial charge on any atom is 0.272 e. The topological polar surface area (TPSA) is 160 Å². The largest absolute Gasteiger partial charge is 0.383 e. The molecule has 7 rings (SSSR count). The Bertz CT molecular complexity index is 2310. The molecule has 46 heavy (non-hydrogen) atoms. The van der Waals surface area contributed by atoms with Crippen molar-refractivity contribution in [3.63, 3.8) is 0 Å². The Kier molecular flexibility index (Phi) is 7.13. The summed E-state index contributed by atoms with van der Waals surface area (Å²) >= 11 is 0. The number of fused-ring (bicyclic) bond motifs is 1. The van der Waals surface area contributed by atoms with E-state index in [1.807, 2.05) is 89.5 Å². The number of nitrogen functional groups attached to an aromatic ring is 1. The van der Waals surface area contributed by atoms with E-state index in [-0.39, 0.29) is 17.2 Å². The number of anilines is 1. The van der Waals surface area contributed by atoms with Gasteiger partial charge in [-0.05, 0) is 66.2 Å². The Morgan fingerprint density at radius 1 is 0.891 bits per heavy atom. The summed E-state index contributed by atoms with van der Waals surface area (Å²) in [5.74, 6) is 0.717. The lowest BCUT2D eigenvalue weighted by Gasteiger charge is -2.12. The Morgan fingerprint density at radius 3 is 2.37 bits per heavy atom. The minimum absolute atomic E-state index is 0.157. The van der Waals surface area contributed by atoms with Gasteiger partial charge in [0.2, 0.25) is 0 Å². The highest BCUT2D eigenvalue weighted by Crippen LogP contribution is 2.31. The van der Waals surface area contributed by atoms with Crippen LogP contribution in [-0.4, -0.2) is 35.2 Å². The number of pyridine rings is 2. The maximum atomic E-state index is 12.9. The van der Waals surface area contributed by atoms with Crippen molar-refractivity contribution in [1.82, 2.24) is 34.6 Å². The molecule has 7 aromatic rings. The van der Waals surface area contributed by atoms with Gasteiger partial charge in [0.1, 0.15) is 23.1 Å². The van der Waals surface area contributed by atoms with Gasteiger partial charge in [-0.2, -0.15) is 5.26 Å². The lowest BCUT2D eigenvalue weighted by molar-refractivity contribution is 0.0951. The van der Waals surface area contributed by atoms with E-state index in [9.17, 15) is 9.59 Å². The highest BCUT2D eigenvalue weighted by Gasteiger charge is 2.19. The number of rotatable bonds is 7. The summed E-state index contributed by atoms with van der Waals surface area (Å²) in [6, 6.07) is 35.0. The number of nitrogens with zero attached hydrogens (tertiary/aromatic N) is 6. The first-order chi connectivity index (χ1) is 22.5. The molecule has 0 bridgehead atoms. The molecular weight excluding hydrogens is 578 g/mol. The molecule has 1 amide bonds. The van der Waals surface area contributed by atoms with Gasteiger partial charge in [-0.1, -0.05) is 42.5 Å². The van der Waals surface area contributed by atoms with Crippen LogP contribution in [0.15, 0.2) is 120 Å². The lowest BCUT2D eigenvalue weighted by atomic mass is 10.1. The van der Waals surface area contributed by atoms with Crippen LogP contribution in [0.2, 0.25) is 0 Å². The number of nitriles is 1. The van der Waals surface area contributed by atoms with Crippen LogP contribution in [0.3, 0.4) is 0 Å². The first-order valence-corrected chi connectivity index (χ1v) is 14.3. The summed E-state index contributed by atoms with van der Waals surface area (Å²) in [6.45, 7) is 0.298. The molecule has 11 heteroatoms. The molecule has 4 N–H and O–H groups in total. The number of nitrogens with two attached hydrogens (primary N) is 1. The minimum atomic E-state index is -0.357. The molecule has 3 aromatic carbocycles. The molecule has 0 saturated heterocycles. The van der Waals surface area contributed by atoms with Crippen molar-refractivity contribution in [3.05, 3.63) is 143 Å². The number of amides is 1. The molecule has 0 fully saturated rings. The van der Waals surface area contributed by atoms with E-state index in [0.717, 1.165) is 22.5 Å². The molecule has 0 spiro atoms. The highest BCUT2D eigenvalue weighted by atomic mass is 16.1. The van der Waals surface area contributed by atoms with Crippen LogP contribution in [0.25, 0.3) is 45.2 Å². The Hall–Kier alpha value is -6.80. The van der Waals surface area contributed by atoms with E-state index in [4.69, 9.17) is 21.0 Å². The fourth-order valence-corrected chi connectivity index (χ4v) is 5.21. The van der Waals surface area contributed by atoms with Crippen LogP contribution in [0, 0.1) is 11.3 Å². The van der Waals surface area contributed by atoms with Gasteiger partial charge in [-0.25, -0.2) is 19.6 Å². The van der Waals surface area contributed by atoms with Gasteiger partial charge in [0.15, 0.2) is 11.5 Å². The van der Waals surface area contributed by atoms with Gasteiger partial charge in [0.05, 0.1) is 16.9 Å². The summed E-state index contributed by atoms with van der Waals surface area (Å²) in [5, 5.41) is 14.7. The molecule has 0 radical (unpaired) electrons. The third kappa shape index (κ3) is 5.27. The third-order valence-electron chi connectivity index (χ3n) is 7.53. The van der Waals surface area contributed by atoms with Crippen LogP contribution in [0.5, 0.6) is 0 Å². The average Bonchev–Trinajstić information content (AvgIpc) is 3.68. The zero-order valence-electron chi connectivity index (χ0n) is 24.3. The number of carbonyl (C=O) groups excluding carboxylic acids is 1. The average molecular weight is 604 g/mol. The maximum absolute atomic E-state index is 12.9. The van der Waals surface area contributed by atoms with Crippen LogP contribution in [-0.2, 0) is 6.54 Å². The second-order valence-corrected chi connectivity index (χ2v) is 10.5. The van der Waals surface area contributed by atoms with Crippen molar-refractivity contribution in [2.45, 2.75) is 6.54 Å². The van der Waals surface area contributed by atoms with E-state index < -0.39 is 0 Å². The smallest absolute Gasteiger partial charge is 0.272 e. The van der Waals surface area contributed by atoms with Crippen molar-refractivity contribution in [3.8, 4) is 40.1 Å². The molecule has 0 aliphatic heterocycles. The van der Waals surface area contributed by atoms with Gasteiger partial charge in [-0.3, -0.25) is 19.3 Å². The van der Waals surface area contributed by atoms with Gasteiger partial charge >= 0.3 is 0 Å². The molecule has 0 saturated carbocycles. The monoisotopic (exact) mass is 603 g/mol. The van der Waals surface area contributed by atoms with Crippen molar-refractivity contribution in [2.75, 3.05) is 5.73 Å². The van der Waals surface area contributed by atoms with E-state index in [2.05, 4.69) is 15.4 Å². The van der Waals surface area contributed by atoms with Gasteiger partial charge < -0.3 is 11.1 Å². The second kappa shape index (κ2) is 11.7. The minimum Gasteiger partial charge on any atom is -0.383 e. The van der Waals surface area contributed by atoms with E-state index >= 15 is 0 Å². The van der Waals surface area contributed by atoms with Crippen LogP contribution in [0.4, 0.5) is 5.82 Å². The summed E-state index contributed by atoms with van der Waals surface area (Å²) in [5.41, 5.74) is 12.6. The van der Waals surface area contributed by atoms with Crippen molar-refractivity contribution in [2.24, 2.45) is 0 Å². The normalized spacial score (nSPS) is 10.9. The van der Waals surface area contributed by atoms with Crippen molar-refractivity contribution in [1.29, 1.82) is 5.26 Å². The molecule has 0 atom stereocenters. The fraction of sp³-hybridized carbons (Fsp3) is 0.0286. The second-order valence-electron chi connectivity index (χ2n) is 10.5. The first kappa shape index (κ1) is 28.0. The number of carbonyl (C=O) groups is 1. The Balaban J connectivity index is 1.15. The van der Waals surface area contributed by atoms with Crippen LogP contribution >= 0.6 is 0 Å². The van der Waals surface area contributed by atoms with Gasteiger partial charge in [0.25, 0.3) is 11.5 Å². The van der Waals surface area contributed by atoms with E-state index in [1.165, 1.54) is 10.7 Å². The number of aromatic amines is 1. The standard InChI is InChI=1S/C35H25N9O2/c36-20-25-19-31(45)44(42-25)27-14-10-24(11-15-27)35(46)39-21-22-8-12-26(13-9-22)43-33(28-7-4-18-38-32(28)37)41-30-17-16-29(40-34(30)43)23-5-2-1-3-6-23/h1-19,42H,21H2,(H2,37,38)(H,39,46). The van der Waals surface area contributed by atoms with E-state index in [1.54, 1.807) is 30.5 Å². The summed E-state index contributed by atoms with van der Waals surface area (Å²) in [6.07, 6.45) is 1.64. The zero-order valence-corrected chi connectivity index (χ0v) is 24.3. The number of hydrogen-bond donors (Lipinski definition) is 3. The predicted molar refractivity (Wildman–Crippen MR) is 174 cm³/mol. The molecule has 4 aromatic heterocycles. The van der Waals surface area contributed by atoms with Crippen LogP contribution < -0.4 is 16.6 Å². The number of aromatic nitrogens is 6. The van der Waals surface area contributed by atoms with E-state index in [0.29, 0.717) is 46.2 Å². The number of benzene rings is 3. The fourth-order valence-electron chi connectivity index (χ4n) is 5.21. The molecule has 4 heterocycles. The molecule has 222 valence electrons. The van der Waals surface area contributed by atoms with Gasteiger partial charge in [0, 0.05) is 35.6 Å². The quantitative estimate of drug-likeness (QED) is 0.231. The first-order valence-electron chi connectivity index (χ1n) is 14.3. The van der Waals surface area contributed by atoms with Crippen molar-refractivity contribution >= 4 is 22.9 Å². The molecule has 0 aliphatic carbocycles. The Labute approximate surface area is 262 Å². The van der Waals surface area contributed by atoms with Gasteiger partial charge in [-0.15, -0.1) is 0 Å². The molecule has 0 aliphatic rings. The number of imidazole rings is 1. The number of nitrogens with one attached hydrogen (secondary N) is 2. The molecule has 0 unspecified atom stereocenters. The SMILES string of the molecule is N#Cc1cc(=O)n(-c2ccc(C(=O)NCc3ccc(-n4c(-c5cccnc5N)nc5ccc(-c6ccccc6)nc54)cc3)cc2)[nH]1. The molecular formula is C35H25N9O2. The number of H-pyrrole nitrogens is 1. The third-order valence-corrected chi connectivity index (χ3v) is 7.53. The predicted octanol–water partition coefficient (Wildman–Crippen LogP) is 5.01. The van der Waals surface area contributed by atoms with Crippen LogP contribution in [0.1, 0.15) is 21.6 Å². The lowest BCUT2D eigenvalue weighted by Crippen LogP contribution is -2.23. The summed E-state index contributed by atoms with van der Waals surface area (Å²) in [7, 11) is 0. The number of hydrogen-bond acceptors (Lipinski definition) is 7. The molecule has 11 nitrogen and oxygen atoms in total. The Morgan fingerprint density at radius 2 is 1.65 bits per heavy atom. The summed E-state index contributed by atoms with van der Waals surface area (Å²) < 4.78 is 3.21. The highest BCUT2D eigenvalue weighted by molar-refractivity contribution is 5.94.